The first-order valence-corrected chi connectivity index (χ1v) is 6.94. The van der Waals surface area contributed by atoms with Crippen LogP contribution in [0, 0.1) is 11.8 Å². The molecule has 0 aromatic rings. The molecule has 0 radical (unpaired) electrons. The molecule has 0 saturated heterocycles. The molecular weight excluding hydrogens is 200 g/mol. The van der Waals surface area contributed by atoms with Crippen molar-refractivity contribution >= 4 is 5.97 Å². The van der Waals surface area contributed by atoms with Crippen molar-refractivity contribution in [2.45, 2.75) is 65.2 Å². The minimum Gasteiger partial charge on any atom is -0.465 e. The van der Waals surface area contributed by atoms with Gasteiger partial charge in [0.05, 0.1) is 12.5 Å². The summed E-state index contributed by atoms with van der Waals surface area (Å²) in [7, 11) is 0. The lowest BCUT2D eigenvalue weighted by molar-refractivity contribution is -0.148. The molecular formula is C14H26O2. The van der Waals surface area contributed by atoms with Crippen LogP contribution in [0.3, 0.4) is 0 Å². The van der Waals surface area contributed by atoms with Crippen LogP contribution < -0.4 is 0 Å². The molecule has 0 bridgehead atoms. The van der Waals surface area contributed by atoms with E-state index in [0.717, 1.165) is 25.2 Å². The van der Waals surface area contributed by atoms with Crippen molar-refractivity contribution in [2.24, 2.45) is 11.8 Å². The molecule has 2 heteroatoms. The van der Waals surface area contributed by atoms with E-state index in [1.807, 2.05) is 0 Å². The van der Waals surface area contributed by atoms with Gasteiger partial charge in [0, 0.05) is 0 Å². The van der Waals surface area contributed by atoms with Crippen LogP contribution in [0.1, 0.15) is 65.2 Å². The van der Waals surface area contributed by atoms with E-state index in [4.69, 9.17) is 4.74 Å². The Bertz CT molecular complexity index is 201. The van der Waals surface area contributed by atoms with Gasteiger partial charge >= 0.3 is 5.97 Å². The average Bonchev–Trinajstić information content (AvgIpc) is 2.77. The van der Waals surface area contributed by atoms with E-state index < -0.39 is 0 Å². The molecule has 2 nitrogen and oxygen atoms in total. The first kappa shape index (κ1) is 13.5. The maximum absolute atomic E-state index is 11.7. The van der Waals surface area contributed by atoms with Gasteiger partial charge in [-0.1, -0.05) is 39.5 Å². The zero-order chi connectivity index (χ0) is 11.8. The fourth-order valence-electron chi connectivity index (χ4n) is 2.48. The monoisotopic (exact) mass is 226 g/mol. The fraction of sp³-hybridized carbons (Fsp3) is 0.929. The zero-order valence-electron chi connectivity index (χ0n) is 10.8. The Hall–Kier alpha value is -0.530. The zero-order valence-corrected chi connectivity index (χ0v) is 10.8. The molecule has 0 spiro atoms. The van der Waals surface area contributed by atoms with Crippen molar-refractivity contribution in [1.29, 1.82) is 0 Å². The molecule has 0 aliphatic heterocycles. The van der Waals surface area contributed by atoms with Crippen molar-refractivity contribution in [3.05, 3.63) is 0 Å². The SMILES string of the molecule is CCCCCCOC(=O)C1CCC(CC)C1. The minimum atomic E-state index is 0.0625. The fourth-order valence-corrected chi connectivity index (χ4v) is 2.48. The third-order valence-electron chi connectivity index (χ3n) is 3.69. The highest BCUT2D eigenvalue weighted by Gasteiger charge is 2.29. The van der Waals surface area contributed by atoms with Crippen LogP contribution in [0.4, 0.5) is 0 Å². The van der Waals surface area contributed by atoms with E-state index in [2.05, 4.69) is 13.8 Å². The summed E-state index contributed by atoms with van der Waals surface area (Å²) in [6.45, 7) is 5.03. The third kappa shape index (κ3) is 4.54. The number of ether oxygens (including phenoxy) is 1. The second kappa shape index (κ2) is 7.70. The molecule has 1 aliphatic rings. The van der Waals surface area contributed by atoms with Crippen LogP contribution in [0.25, 0.3) is 0 Å². The summed E-state index contributed by atoms with van der Waals surface area (Å²) >= 11 is 0. The van der Waals surface area contributed by atoms with Gasteiger partial charge in [-0.25, -0.2) is 0 Å². The molecule has 2 atom stereocenters. The highest BCUT2D eigenvalue weighted by atomic mass is 16.5. The molecule has 1 rings (SSSR count). The quantitative estimate of drug-likeness (QED) is 0.485. The van der Waals surface area contributed by atoms with E-state index in [1.54, 1.807) is 0 Å². The number of unbranched alkanes of at least 4 members (excludes halogenated alkanes) is 3. The highest BCUT2D eigenvalue weighted by Crippen LogP contribution is 2.33. The maximum atomic E-state index is 11.7. The molecule has 94 valence electrons. The van der Waals surface area contributed by atoms with E-state index in [9.17, 15) is 4.79 Å². The van der Waals surface area contributed by atoms with Gasteiger partial charge in [-0.2, -0.15) is 0 Å². The number of rotatable bonds is 7. The van der Waals surface area contributed by atoms with E-state index in [-0.39, 0.29) is 11.9 Å². The summed E-state index contributed by atoms with van der Waals surface area (Å²) in [4.78, 5) is 11.7. The topological polar surface area (TPSA) is 26.3 Å². The summed E-state index contributed by atoms with van der Waals surface area (Å²) < 4.78 is 5.33. The molecule has 0 aromatic carbocycles. The normalized spacial score (nSPS) is 24.6. The molecule has 0 N–H and O–H groups in total. The van der Waals surface area contributed by atoms with Crippen LogP contribution in [-0.4, -0.2) is 12.6 Å². The minimum absolute atomic E-state index is 0.0625. The number of carbonyl (C=O) groups excluding carboxylic acids is 1. The maximum Gasteiger partial charge on any atom is 0.308 e. The first-order chi connectivity index (χ1) is 7.77. The second-order valence-corrected chi connectivity index (χ2v) is 5.01. The van der Waals surface area contributed by atoms with Crippen molar-refractivity contribution in [3.63, 3.8) is 0 Å². The van der Waals surface area contributed by atoms with Crippen molar-refractivity contribution in [3.8, 4) is 0 Å². The largest absolute Gasteiger partial charge is 0.465 e. The van der Waals surface area contributed by atoms with E-state index >= 15 is 0 Å². The summed E-state index contributed by atoms with van der Waals surface area (Å²) in [5, 5.41) is 0. The van der Waals surface area contributed by atoms with Gasteiger partial charge in [0.25, 0.3) is 0 Å². The van der Waals surface area contributed by atoms with Gasteiger partial charge in [0.15, 0.2) is 0 Å². The molecule has 0 heterocycles. The van der Waals surface area contributed by atoms with Gasteiger partial charge in [0.2, 0.25) is 0 Å². The molecule has 16 heavy (non-hydrogen) atoms. The van der Waals surface area contributed by atoms with E-state index in [1.165, 1.54) is 32.1 Å². The van der Waals surface area contributed by atoms with Crippen molar-refractivity contribution in [2.75, 3.05) is 6.61 Å². The molecule has 2 unspecified atom stereocenters. The van der Waals surface area contributed by atoms with E-state index in [0.29, 0.717) is 6.61 Å². The first-order valence-electron chi connectivity index (χ1n) is 6.94. The van der Waals surface area contributed by atoms with Gasteiger partial charge < -0.3 is 4.74 Å². The summed E-state index contributed by atoms with van der Waals surface area (Å²) in [6, 6.07) is 0. The number of hydrogen-bond donors (Lipinski definition) is 0. The van der Waals surface area contributed by atoms with Crippen LogP contribution >= 0.6 is 0 Å². The lowest BCUT2D eigenvalue weighted by atomic mass is 10.0. The molecule has 0 aromatic heterocycles. The summed E-state index contributed by atoms with van der Waals surface area (Å²) in [5.41, 5.74) is 0. The van der Waals surface area contributed by atoms with Gasteiger partial charge in [-0.15, -0.1) is 0 Å². The Morgan fingerprint density at radius 3 is 2.62 bits per heavy atom. The lowest BCUT2D eigenvalue weighted by Crippen LogP contribution is -2.15. The number of carbonyl (C=O) groups is 1. The Labute approximate surface area is 99.8 Å². The van der Waals surface area contributed by atoms with Crippen LogP contribution in [0.5, 0.6) is 0 Å². The predicted octanol–water partition coefficient (Wildman–Crippen LogP) is 3.94. The highest BCUT2D eigenvalue weighted by molar-refractivity contribution is 5.72. The van der Waals surface area contributed by atoms with Crippen LogP contribution in [-0.2, 0) is 9.53 Å². The second-order valence-electron chi connectivity index (χ2n) is 5.01. The molecule has 0 amide bonds. The van der Waals surface area contributed by atoms with Crippen molar-refractivity contribution < 1.29 is 9.53 Å². The van der Waals surface area contributed by atoms with Crippen LogP contribution in [0.2, 0.25) is 0 Å². The van der Waals surface area contributed by atoms with Gasteiger partial charge in [0.1, 0.15) is 0 Å². The smallest absolute Gasteiger partial charge is 0.308 e. The Morgan fingerprint density at radius 2 is 2.00 bits per heavy atom. The third-order valence-corrected chi connectivity index (χ3v) is 3.69. The van der Waals surface area contributed by atoms with Crippen molar-refractivity contribution in [1.82, 2.24) is 0 Å². The Balaban J connectivity index is 2.06. The summed E-state index contributed by atoms with van der Waals surface area (Å²) in [6.07, 6.45) is 9.23. The predicted molar refractivity (Wildman–Crippen MR) is 66.2 cm³/mol. The number of hydrogen-bond acceptors (Lipinski definition) is 2. The van der Waals surface area contributed by atoms with Gasteiger partial charge in [-0.05, 0) is 31.6 Å². The lowest BCUT2D eigenvalue weighted by Gasteiger charge is -2.10. The molecule has 1 aliphatic carbocycles. The number of esters is 1. The molecule has 1 saturated carbocycles. The standard InChI is InChI=1S/C14H26O2/c1-3-5-6-7-10-16-14(15)13-9-8-12(4-2)11-13/h12-13H,3-11H2,1-2H3. The average molecular weight is 226 g/mol. The molecule has 1 fully saturated rings. The summed E-state index contributed by atoms with van der Waals surface area (Å²) in [5.74, 6) is 1.03. The van der Waals surface area contributed by atoms with Gasteiger partial charge in [-0.3, -0.25) is 4.79 Å². The Kier molecular flexibility index (Phi) is 6.51. The Morgan fingerprint density at radius 1 is 1.19 bits per heavy atom. The van der Waals surface area contributed by atoms with Crippen LogP contribution in [0.15, 0.2) is 0 Å².